The first-order valence-electron chi connectivity index (χ1n) is 7.89. The molecule has 2 rings (SSSR count). The van der Waals surface area contributed by atoms with Gasteiger partial charge in [0, 0.05) is 19.3 Å². The molecule has 0 aromatic carbocycles. The number of hydrogen-bond acceptors (Lipinski definition) is 5. The van der Waals surface area contributed by atoms with E-state index in [1.54, 1.807) is 17.0 Å². The van der Waals surface area contributed by atoms with Crippen LogP contribution in [0.4, 0.5) is 0 Å². The molecule has 1 aromatic rings. The molecule has 1 aliphatic rings. The predicted octanol–water partition coefficient (Wildman–Crippen LogP) is 1.09. The lowest BCUT2D eigenvalue weighted by Crippen LogP contribution is -2.45. The number of nitrogens with two attached hydrogens (primary N) is 1. The Morgan fingerprint density at radius 3 is 3.08 bits per heavy atom. The van der Waals surface area contributed by atoms with Crippen LogP contribution in [0.2, 0.25) is 5.15 Å². The van der Waals surface area contributed by atoms with E-state index in [1.165, 1.54) is 6.20 Å². The number of pyridine rings is 1. The maximum absolute atomic E-state index is 12.2. The van der Waals surface area contributed by atoms with Crippen molar-refractivity contribution in [2.24, 2.45) is 5.73 Å². The molecule has 0 radical (unpaired) electrons. The summed E-state index contributed by atoms with van der Waals surface area (Å²) < 4.78 is 0. The van der Waals surface area contributed by atoms with E-state index in [9.17, 15) is 9.59 Å². The highest BCUT2D eigenvalue weighted by atomic mass is 35.5. The molecule has 1 saturated heterocycles. The molecule has 2 heterocycles. The first-order valence-corrected chi connectivity index (χ1v) is 8.26. The van der Waals surface area contributed by atoms with Crippen LogP contribution in [0.1, 0.15) is 36.0 Å². The zero-order chi connectivity index (χ0) is 17.5. The van der Waals surface area contributed by atoms with E-state index >= 15 is 0 Å². The fourth-order valence-electron chi connectivity index (χ4n) is 2.68. The molecule has 0 unspecified atom stereocenters. The Bertz CT molecular complexity index is 646. The van der Waals surface area contributed by atoms with Crippen molar-refractivity contribution in [2.75, 3.05) is 13.1 Å². The highest BCUT2D eigenvalue weighted by molar-refractivity contribution is 6.32. The summed E-state index contributed by atoms with van der Waals surface area (Å²) in [5, 5.41) is 11.9. The number of carbonyl (C=O) groups is 2. The SMILES string of the molecule is N#C[C@@H]1CCCN1C(=O)[C@@H](N)CCCNC(=O)c1cccnc1Cl. The minimum Gasteiger partial charge on any atom is -0.352 e. The quantitative estimate of drug-likeness (QED) is 0.589. The molecule has 0 saturated carbocycles. The predicted molar refractivity (Wildman–Crippen MR) is 89.1 cm³/mol. The van der Waals surface area contributed by atoms with Crippen molar-refractivity contribution in [2.45, 2.75) is 37.8 Å². The van der Waals surface area contributed by atoms with Gasteiger partial charge in [0.1, 0.15) is 11.2 Å². The molecule has 2 atom stereocenters. The summed E-state index contributed by atoms with van der Waals surface area (Å²) in [5.41, 5.74) is 6.24. The molecule has 3 N–H and O–H groups in total. The van der Waals surface area contributed by atoms with Gasteiger partial charge in [0.15, 0.2) is 0 Å². The molecule has 8 heteroatoms. The Kier molecular flexibility index (Phi) is 6.53. The van der Waals surface area contributed by atoms with Gasteiger partial charge >= 0.3 is 0 Å². The Morgan fingerprint density at radius 2 is 2.38 bits per heavy atom. The highest BCUT2D eigenvalue weighted by Gasteiger charge is 2.31. The summed E-state index contributed by atoms with van der Waals surface area (Å²) in [5.74, 6) is -0.502. The molecule has 1 aromatic heterocycles. The summed E-state index contributed by atoms with van der Waals surface area (Å²) >= 11 is 5.86. The monoisotopic (exact) mass is 349 g/mol. The van der Waals surface area contributed by atoms with Crippen LogP contribution in [0.25, 0.3) is 0 Å². The molecule has 128 valence electrons. The Balaban J connectivity index is 1.74. The van der Waals surface area contributed by atoms with Gasteiger partial charge < -0.3 is 16.0 Å². The first kappa shape index (κ1) is 18.2. The van der Waals surface area contributed by atoms with Crippen molar-refractivity contribution in [1.82, 2.24) is 15.2 Å². The fourth-order valence-corrected chi connectivity index (χ4v) is 2.88. The van der Waals surface area contributed by atoms with Gasteiger partial charge in [-0.2, -0.15) is 5.26 Å². The van der Waals surface area contributed by atoms with Crippen molar-refractivity contribution in [1.29, 1.82) is 5.26 Å². The van der Waals surface area contributed by atoms with E-state index in [4.69, 9.17) is 22.6 Å². The molecule has 1 fully saturated rings. The number of nitrogens with one attached hydrogen (secondary N) is 1. The van der Waals surface area contributed by atoms with Gasteiger partial charge in [0.05, 0.1) is 17.7 Å². The second-order valence-electron chi connectivity index (χ2n) is 5.67. The van der Waals surface area contributed by atoms with Crippen molar-refractivity contribution < 1.29 is 9.59 Å². The lowest BCUT2D eigenvalue weighted by molar-refractivity contribution is -0.132. The average Bonchev–Trinajstić information content (AvgIpc) is 3.06. The van der Waals surface area contributed by atoms with E-state index in [0.717, 1.165) is 6.42 Å². The van der Waals surface area contributed by atoms with Crippen molar-refractivity contribution in [3.05, 3.63) is 29.0 Å². The Morgan fingerprint density at radius 1 is 1.58 bits per heavy atom. The molecule has 0 aliphatic carbocycles. The fraction of sp³-hybridized carbons (Fsp3) is 0.500. The van der Waals surface area contributed by atoms with Crippen LogP contribution in [0.5, 0.6) is 0 Å². The van der Waals surface area contributed by atoms with E-state index < -0.39 is 6.04 Å². The molecule has 7 nitrogen and oxygen atoms in total. The third kappa shape index (κ3) is 4.43. The van der Waals surface area contributed by atoms with Crippen LogP contribution < -0.4 is 11.1 Å². The second kappa shape index (κ2) is 8.62. The van der Waals surface area contributed by atoms with Crippen molar-refractivity contribution in [3.8, 4) is 6.07 Å². The van der Waals surface area contributed by atoms with Gasteiger partial charge in [0.2, 0.25) is 5.91 Å². The standard InChI is InChI=1S/C16H20ClN5O2/c17-14-12(5-1-7-20-14)15(23)21-8-2-6-13(19)16(24)22-9-3-4-11(22)10-18/h1,5,7,11,13H,2-4,6,8-9,19H2,(H,21,23)/t11-,13-/m0/s1. The number of likely N-dealkylation sites (tertiary alicyclic amines) is 1. The van der Waals surface area contributed by atoms with Gasteiger partial charge in [0.25, 0.3) is 5.91 Å². The topological polar surface area (TPSA) is 112 Å². The number of halogens is 1. The lowest BCUT2D eigenvalue weighted by atomic mass is 10.1. The normalized spacial score (nSPS) is 18.0. The number of aromatic nitrogens is 1. The molecular weight excluding hydrogens is 330 g/mol. The molecular formula is C16H20ClN5O2. The summed E-state index contributed by atoms with van der Waals surface area (Å²) in [7, 11) is 0. The van der Waals surface area contributed by atoms with Crippen molar-refractivity contribution in [3.63, 3.8) is 0 Å². The number of rotatable bonds is 6. The molecule has 0 spiro atoms. The largest absolute Gasteiger partial charge is 0.352 e. The smallest absolute Gasteiger partial charge is 0.254 e. The average molecular weight is 350 g/mol. The second-order valence-corrected chi connectivity index (χ2v) is 6.02. The van der Waals surface area contributed by atoms with Crippen LogP contribution >= 0.6 is 11.6 Å². The summed E-state index contributed by atoms with van der Waals surface area (Å²) in [6.45, 7) is 0.966. The van der Waals surface area contributed by atoms with Crippen LogP contribution in [-0.2, 0) is 4.79 Å². The van der Waals surface area contributed by atoms with E-state index in [2.05, 4.69) is 16.4 Å². The zero-order valence-electron chi connectivity index (χ0n) is 13.2. The van der Waals surface area contributed by atoms with Crippen LogP contribution in [0, 0.1) is 11.3 Å². The van der Waals surface area contributed by atoms with Crippen LogP contribution in [-0.4, -0.2) is 46.9 Å². The minimum absolute atomic E-state index is 0.151. The number of hydrogen-bond donors (Lipinski definition) is 2. The highest BCUT2D eigenvalue weighted by Crippen LogP contribution is 2.18. The summed E-state index contributed by atoms with van der Waals surface area (Å²) in [6.07, 6.45) is 4.04. The Labute approximate surface area is 145 Å². The van der Waals surface area contributed by atoms with Gasteiger partial charge in [-0.3, -0.25) is 9.59 Å². The van der Waals surface area contributed by atoms with E-state index in [-0.39, 0.29) is 23.0 Å². The molecule has 24 heavy (non-hydrogen) atoms. The third-order valence-corrected chi connectivity index (χ3v) is 4.28. The third-order valence-electron chi connectivity index (χ3n) is 3.98. The van der Waals surface area contributed by atoms with E-state index in [1.807, 2.05) is 0 Å². The minimum atomic E-state index is -0.655. The summed E-state index contributed by atoms with van der Waals surface area (Å²) in [6, 6.07) is 4.34. The lowest BCUT2D eigenvalue weighted by Gasteiger charge is -2.23. The van der Waals surface area contributed by atoms with E-state index in [0.29, 0.717) is 37.9 Å². The number of carbonyl (C=O) groups excluding carboxylic acids is 2. The van der Waals surface area contributed by atoms with Gasteiger partial charge in [-0.1, -0.05) is 11.6 Å². The maximum atomic E-state index is 12.2. The van der Waals surface area contributed by atoms with Crippen LogP contribution in [0.15, 0.2) is 18.3 Å². The number of nitrogens with zero attached hydrogens (tertiary/aromatic N) is 3. The molecule has 0 bridgehead atoms. The van der Waals surface area contributed by atoms with Gasteiger partial charge in [-0.05, 0) is 37.8 Å². The van der Waals surface area contributed by atoms with Crippen LogP contribution in [0.3, 0.4) is 0 Å². The number of amides is 2. The summed E-state index contributed by atoms with van der Waals surface area (Å²) in [4.78, 5) is 29.6. The molecule has 1 aliphatic heterocycles. The van der Waals surface area contributed by atoms with Gasteiger partial charge in [-0.15, -0.1) is 0 Å². The molecule has 2 amide bonds. The Hall–Kier alpha value is -2.17. The first-order chi connectivity index (χ1) is 11.5. The number of nitriles is 1. The zero-order valence-corrected chi connectivity index (χ0v) is 14.0. The van der Waals surface area contributed by atoms with Crippen molar-refractivity contribution >= 4 is 23.4 Å². The van der Waals surface area contributed by atoms with Gasteiger partial charge in [-0.25, -0.2) is 4.98 Å². The maximum Gasteiger partial charge on any atom is 0.254 e.